The fourth-order valence-electron chi connectivity index (χ4n) is 3.28. The van der Waals surface area contributed by atoms with Gasteiger partial charge in [-0.3, -0.25) is 9.59 Å². The quantitative estimate of drug-likeness (QED) is 0.551. The predicted octanol–water partition coefficient (Wildman–Crippen LogP) is 1.57. The van der Waals surface area contributed by atoms with Gasteiger partial charge in [-0.25, -0.2) is 9.78 Å². The number of urea groups is 1. The van der Waals surface area contributed by atoms with Gasteiger partial charge >= 0.3 is 6.03 Å². The molecule has 9 nitrogen and oxygen atoms in total. The van der Waals surface area contributed by atoms with Gasteiger partial charge in [0, 0.05) is 31.5 Å². The monoisotopic (exact) mass is 410 g/mol. The van der Waals surface area contributed by atoms with Gasteiger partial charge in [0.25, 0.3) is 0 Å². The number of anilines is 2. The highest BCUT2D eigenvalue weighted by Gasteiger charge is 2.26. The summed E-state index contributed by atoms with van der Waals surface area (Å²) in [6, 6.07) is 10.5. The Labute approximate surface area is 175 Å². The summed E-state index contributed by atoms with van der Waals surface area (Å²) in [5, 5.41) is 8.64. The molecular formula is C21H26N6O3. The standard InChI is InChI=1S/C21H26N6O3/c1-14-3-2-4-17(9-14)26-21(30)25-10-15-7-8-27(13-15)19(28)12-24-18-6-5-16(11-23-18)20(22)29/h2-6,9,11,15H,7-8,10,12-13H2,1H3,(H2,22,29)(H,23,24)(H2,25,26,30). The number of nitrogens with one attached hydrogen (secondary N) is 3. The molecule has 2 aromatic rings. The Morgan fingerprint density at radius 3 is 2.77 bits per heavy atom. The zero-order valence-electron chi connectivity index (χ0n) is 16.9. The number of nitrogens with zero attached hydrogens (tertiary/aromatic N) is 2. The Kier molecular flexibility index (Phi) is 6.84. The number of pyridine rings is 1. The lowest BCUT2D eigenvalue weighted by Crippen LogP contribution is -2.36. The van der Waals surface area contributed by atoms with Gasteiger partial charge in [-0.1, -0.05) is 12.1 Å². The number of amides is 4. The van der Waals surface area contributed by atoms with E-state index in [1.165, 1.54) is 6.20 Å². The highest BCUT2D eigenvalue weighted by atomic mass is 16.2. The predicted molar refractivity (Wildman–Crippen MR) is 114 cm³/mol. The van der Waals surface area contributed by atoms with Crippen LogP contribution >= 0.6 is 0 Å². The highest BCUT2D eigenvalue weighted by molar-refractivity contribution is 5.92. The maximum atomic E-state index is 12.4. The van der Waals surface area contributed by atoms with Gasteiger partial charge in [0.15, 0.2) is 0 Å². The zero-order valence-corrected chi connectivity index (χ0v) is 16.9. The van der Waals surface area contributed by atoms with E-state index < -0.39 is 5.91 Å². The second-order valence-corrected chi connectivity index (χ2v) is 7.35. The van der Waals surface area contributed by atoms with Crippen LogP contribution < -0.4 is 21.7 Å². The summed E-state index contributed by atoms with van der Waals surface area (Å²) in [5.41, 5.74) is 7.32. The third kappa shape index (κ3) is 5.94. The third-order valence-corrected chi connectivity index (χ3v) is 4.93. The normalized spacial score (nSPS) is 15.5. The van der Waals surface area contributed by atoms with Crippen molar-refractivity contribution in [2.24, 2.45) is 11.7 Å². The van der Waals surface area contributed by atoms with Gasteiger partial charge in [0.2, 0.25) is 11.8 Å². The molecule has 3 rings (SSSR count). The Morgan fingerprint density at radius 2 is 2.07 bits per heavy atom. The third-order valence-electron chi connectivity index (χ3n) is 4.93. The Bertz CT molecular complexity index is 915. The minimum Gasteiger partial charge on any atom is -0.366 e. The van der Waals surface area contributed by atoms with Crippen molar-refractivity contribution in [3.8, 4) is 0 Å². The van der Waals surface area contributed by atoms with Gasteiger partial charge in [-0.2, -0.15) is 0 Å². The van der Waals surface area contributed by atoms with Gasteiger partial charge in [-0.05, 0) is 49.1 Å². The minimum atomic E-state index is -0.547. The fourth-order valence-corrected chi connectivity index (χ4v) is 3.28. The van der Waals surface area contributed by atoms with Gasteiger partial charge in [0.05, 0.1) is 12.1 Å². The molecule has 1 atom stereocenters. The van der Waals surface area contributed by atoms with Crippen LogP contribution in [-0.2, 0) is 4.79 Å². The SMILES string of the molecule is Cc1cccc(NC(=O)NCC2CCN(C(=O)CNc3ccc(C(N)=O)cn3)C2)c1. The number of aryl methyl sites for hydroxylation is 1. The van der Waals surface area contributed by atoms with Gasteiger partial charge in [-0.15, -0.1) is 0 Å². The van der Waals surface area contributed by atoms with Crippen molar-refractivity contribution < 1.29 is 14.4 Å². The first-order valence-electron chi connectivity index (χ1n) is 9.80. The van der Waals surface area contributed by atoms with E-state index in [4.69, 9.17) is 5.73 Å². The highest BCUT2D eigenvalue weighted by Crippen LogP contribution is 2.16. The minimum absolute atomic E-state index is 0.0394. The van der Waals surface area contributed by atoms with E-state index in [-0.39, 0.29) is 24.4 Å². The number of rotatable bonds is 7. The maximum absolute atomic E-state index is 12.4. The van der Waals surface area contributed by atoms with Crippen LogP contribution in [-0.4, -0.2) is 53.9 Å². The Morgan fingerprint density at radius 1 is 1.23 bits per heavy atom. The number of aromatic nitrogens is 1. The van der Waals surface area contributed by atoms with Crippen LogP contribution in [0.2, 0.25) is 0 Å². The number of carbonyl (C=O) groups is 3. The molecule has 9 heteroatoms. The van der Waals surface area contributed by atoms with Crippen LogP contribution in [0.5, 0.6) is 0 Å². The number of benzene rings is 1. The first kappa shape index (κ1) is 21.1. The second-order valence-electron chi connectivity index (χ2n) is 7.35. The van der Waals surface area contributed by atoms with E-state index in [2.05, 4.69) is 20.9 Å². The van der Waals surface area contributed by atoms with Crippen LogP contribution in [0.25, 0.3) is 0 Å². The molecule has 1 aliphatic rings. The first-order chi connectivity index (χ1) is 14.4. The molecule has 0 spiro atoms. The van der Waals surface area contributed by atoms with Crippen molar-refractivity contribution in [3.05, 3.63) is 53.7 Å². The van der Waals surface area contributed by atoms with E-state index in [9.17, 15) is 14.4 Å². The van der Waals surface area contributed by atoms with Crippen LogP contribution in [0.1, 0.15) is 22.3 Å². The lowest BCUT2D eigenvalue weighted by molar-refractivity contribution is -0.128. The maximum Gasteiger partial charge on any atom is 0.319 e. The summed E-state index contributed by atoms with van der Waals surface area (Å²) in [4.78, 5) is 41.4. The number of hydrogen-bond acceptors (Lipinski definition) is 5. The number of primary amides is 1. The molecule has 5 N–H and O–H groups in total. The van der Waals surface area contributed by atoms with Crippen molar-refractivity contribution in [1.29, 1.82) is 0 Å². The number of likely N-dealkylation sites (tertiary alicyclic amines) is 1. The molecule has 2 heterocycles. The molecule has 4 amide bonds. The molecule has 0 radical (unpaired) electrons. The van der Waals surface area contributed by atoms with E-state index in [0.29, 0.717) is 31.0 Å². The first-order valence-corrected chi connectivity index (χ1v) is 9.80. The van der Waals surface area contributed by atoms with Crippen LogP contribution in [0, 0.1) is 12.8 Å². The van der Waals surface area contributed by atoms with E-state index in [1.54, 1.807) is 17.0 Å². The van der Waals surface area contributed by atoms with E-state index in [0.717, 1.165) is 17.7 Å². The summed E-state index contributed by atoms with van der Waals surface area (Å²) < 4.78 is 0. The van der Waals surface area contributed by atoms with Crippen LogP contribution in [0.3, 0.4) is 0 Å². The van der Waals surface area contributed by atoms with Crippen molar-refractivity contribution in [2.45, 2.75) is 13.3 Å². The molecule has 1 aromatic heterocycles. The lowest BCUT2D eigenvalue weighted by Gasteiger charge is -2.17. The summed E-state index contributed by atoms with van der Waals surface area (Å²) in [5.74, 6) is 0.126. The molecule has 1 aliphatic heterocycles. The molecule has 30 heavy (non-hydrogen) atoms. The summed E-state index contributed by atoms with van der Waals surface area (Å²) in [6.07, 6.45) is 2.20. The van der Waals surface area contributed by atoms with Gasteiger partial charge < -0.3 is 26.6 Å². The summed E-state index contributed by atoms with van der Waals surface area (Å²) in [6.45, 7) is 3.83. The largest absolute Gasteiger partial charge is 0.366 e. The Balaban J connectivity index is 1.38. The second kappa shape index (κ2) is 9.73. The molecule has 0 bridgehead atoms. The zero-order chi connectivity index (χ0) is 21.5. The fraction of sp³-hybridized carbons (Fsp3) is 0.333. The molecule has 1 aromatic carbocycles. The van der Waals surface area contributed by atoms with E-state index in [1.807, 2.05) is 31.2 Å². The van der Waals surface area contributed by atoms with Crippen LogP contribution in [0.15, 0.2) is 42.6 Å². The smallest absolute Gasteiger partial charge is 0.319 e. The molecule has 0 aliphatic carbocycles. The Hall–Kier alpha value is -3.62. The molecule has 158 valence electrons. The summed E-state index contributed by atoms with van der Waals surface area (Å²) >= 11 is 0. The topological polar surface area (TPSA) is 129 Å². The van der Waals surface area contributed by atoms with Crippen molar-refractivity contribution >= 4 is 29.4 Å². The average molecular weight is 410 g/mol. The summed E-state index contributed by atoms with van der Waals surface area (Å²) in [7, 11) is 0. The molecule has 1 saturated heterocycles. The van der Waals surface area contributed by atoms with Gasteiger partial charge in [0.1, 0.15) is 5.82 Å². The van der Waals surface area contributed by atoms with Crippen molar-refractivity contribution in [1.82, 2.24) is 15.2 Å². The number of hydrogen-bond donors (Lipinski definition) is 4. The molecule has 1 fully saturated rings. The van der Waals surface area contributed by atoms with E-state index >= 15 is 0 Å². The van der Waals surface area contributed by atoms with Crippen molar-refractivity contribution in [3.63, 3.8) is 0 Å². The number of nitrogens with two attached hydrogens (primary N) is 1. The van der Waals surface area contributed by atoms with Crippen molar-refractivity contribution in [2.75, 3.05) is 36.8 Å². The molecular weight excluding hydrogens is 384 g/mol. The molecule has 0 saturated carbocycles. The average Bonchev–Trinajstić information content (AvgIpc) is 3.20. The van der Waals surface area contributed by atoms with Crippen LogP contribution in [0.4, 0.5) is 16.3 Å². The lowest BCUT2D eigenvalue weighted by atomic mass is 10.1. The number of carbonyl (C=O) groups excluding carboxylic acids is 3. The molecule has 1 unspecified atom stereocenters.